The molecule has 9 nitrogen and oxygen atoms in total. The van der Waals surface area contributed by atoms with E-state index in [-0.39, 0.29) is 13.2 Å². The molecule has 0 fully saturated rings. The molecular weight excluding hydrogens is 496 g/mol. The number of aliphatic hydroxyl groups excluding tert-OH is 1. The Morgan fingerprint density at radius 3 is 2.41 bits per heavy atom. The SMILES string of the molecule is CSc1ccc(NC(=O)O[C@@H](c2cccc(OCCO)c2)[C@H](/C=C/C(=O)NO)Oc2ccccc2)cc1. The number of carbonyl (C=O) groups excluding carboxylic acids is 2. The summed E-state index contributed by atoms with van der Waals surface area (Å²) in [6.45, 7) is -0.0807. The van der Waals surface area contributed by atoms with E-state index < -0.39 is 24.2 Å². The standard InChI is InChI=1S/C27H28N2O7S/c1-37-23-12-10-20(11-13-23)28-27(32)36-26(19-6-5-9-22(18-19)34-17-16-30)24(14-15-25(31)29-33)35-21-7-3-2-4-8-21/h2-15,18,24,26,30,33H,16-17H2,1H3,(H,28,32)(H,29,31)/b15-14+/t24-,26-/m0/s1. The summed E-state index contributed by atoms with van der Waals surface area (Å²) in [7, 11) is 0. The lowest BCUT2D eigenvalue weighted by Gasteiger charge is -2.26. The monoisotopic (exact) mass is 524 g/mol. The van der Waals surface area contributed by atoms with Crippen molar-refractivity contribution in [3.8, 4) is 11.5 Å². The predicted molar refractivity (Wildman–Crippen MR) is 140 cm³/mol. The molecule has 37 heavy (non-hydrogen) atoms. The Balaban J connectivity index is 1.94. The molecule has 0 radical (unpaired) electrons. The number of hydrogen-bond acceptors (Lipinski definition) is 8. The lowest BCUT2D eigenvalue weighted by atomic mass is 10.0. The predicted octanol–water partition coefficient (Wildman–Crippen LogP) is 4.58. The molecule has 3 rings (SSSR count). The fraction of sp³-hybridized carbons (Fsp3) is 0.185. The number of ether oxygens (including phenoxy) is 3. The van der Waals surface area contributed by atoms with Crippen LogP contribution in [0.25, 0.3) is 0 Å². The maximum absolute atomic E-state index is 13.0. The molecule has 0 unspecified atom stereocenters. The number of thioether (sulfide) groups is 1. The molecule has 0 bridgehead atoms. The summed E-state index contributed by atoms with van der Waals surface area (Å²) in [6, 6.07) is 22.9. The molecule has 4 N–H and O–H groups in total. The zero-order valence-corrected chi connectivity index (χ0v) is 20.9. The summed E-state index contributed by atoms with van der Waals surface area (Å²) < 4.78 is 17.4. The van der Waals surface area contributed by atoms with Crippen LogP contribution in [0.3, 0.4) is 0 Å². The van der Waals surface area contributed by atoms with Gasteiger partial charge in [-0.05, 0) is 60.9 Å². The molecule has 0 spiro atoms. The first-order chi connectivity index (χ1) is 18.0. The van der Waals surface area contributed by atoms with E-state index in [2.05, 4.69) is 5.32 Å². The van der Waals surface area contributed by atoms with Crippen molar-refractivity contribution >= 4 is 29.4 Å². The Morgan fingerprint density at radius 2 is 1.73 bits per heavy atom. The second kappa shape index (κ2) is 14.5. The first-order valence-electron chi connectivity index (χ1n) is 11.3. The molecule has 0 saturated heterocycles. The van der Waals surface area contributed by atoms with E-state index in [1.807, 2.05) is 24.5 Å². The number of hydrogen-bond donors (Lipinski definition) is 4. The second-order valence-corrected chi connectivity index (χ2v) is 8.43. The fourth-order valence-corrected chi connectivity index (χ4v) is 3.69. The van der Waals surface area contributed by atoms with Gasteiger partial charge in [0.15, 0.2) is 12.2 Å². The number of anilines is 1. The van der Waals surface area contributed by atoms with Crippen molar-refractivity contribution in [1.82, 2.24) is 5.48 Å². The number of rotatable bonds is 12. The first-order valence-corrected chi connectivity index (χ1v) is 12.5. The molecule has 194 valence electrons. The van der Waals surface area contributed by atoms with Crippen molar-refractivity contribution in [3.05, 3.63) is 96.6 Å². The number of amides is 2. The van der Waals surface area contributed by atoms with E-state index in [9.17, 15) is 9.59 Å². The Kier molecular flexibility index (Phi) is 10.8. The van der Waals surface area contributed by atoms with E-state index in [0.29, 0.717) is 22.7 Å². The van der Waals surface area contributed by atoms with Gasteiger partial charge in [-0.15, -0.1) is 11.8 Å². The molecule has 2 atom stereocenters. The normalized spacial score (nSPS) is 12.4. The lowest BCUT2D eigenvalue weighted by molar-refractivity contribution is -0.124. The highest BCUT2D eigenvalue weighted by molar-refractivity contribution is 7.98. The summed E-state index contributed by atoms with van der Waals surface area (Å²) in [5.41, 5.74) is 2.58. The molecule has 0 aliphatic rings. The Bertz CT molecular complexity index is 1170. The van der Waals surface area contributed by atoms with Crippen molar-refractivity contribution in [2.24, 2.45) is 0 Å². The zero-order valence-electron chi connectivity index (χ0n) is 20.1. The molecule has 0 aromatic heterocycles. The van der Waals surface area contributed by atoms with Crippen molar-refractivity contribution in [2.45, 2.75) is 17.1 Å². The molecule has 2 amide bonds. The third-order valence-electron chi connectivity index (χ3n) is 4.98. The van der Waals surface area contributed by atoms with Crippen LogP contribution >= 0.6 is 11.8 Å². The topological polar surface area (TPSA) is 126 Å². The van der Waals surface area contributed by atoms with Crippen molar-refractivity contribution in [1.29, 1.82) is 0 Å². The van der Waals surface area contributed by atoms with Gasteiger partial charge in [-0.2, -0.15) is 0 Å². The quantitative estimate of drug-likeness (QED) is 0.117. The van der Waals surface area contributed by atoms with Crippen LogP contribution in [-0.2, 0) is 9.53 Å². The second-order valence-electron chi connectivity index (χ2n) is 7.55. The third kappa shape index (κ3) is 8.87. The molecule has 10 heteroatoms. The Labute approximate surface area is 219 Å². The van der Waals surface area contributed by atoms with Gasteiger partial charge in [0, 0.05) is 22.2 Å². The van der Waals surface area contributed by atoms with Gasteiger partial charge in [-0.3, -0.25) is 15.3 Å². The smallest absolute Gasteiger partial charge is 0.412 e. The minimum atomic E-state index is -1.04. The molecule has 0 saturated carbocycles. The van der Waals surface area contributed by atoms with Crippen molar-refractivity contribution < 1.29 is 34.1 Å². The van der Waals surface area contributed by atoms with Gasteiger partial charge in [0.2, 0.25) is 0 Å². The number of aliphatic hydroxyl groups is 1. The molecule has 0 aliphatic carbocycles. The number of para-hydroxylation sites is 1. The highest BCUT2D eigenvalue weighted by Crippen LogP contribution is 2.30. The summed E-state index contributed by atoms with van der Waals surface area (Å²) in [5, 5.41) is 20.7. The average molecular weight is 525 g/mol. The lowest BCUT2D eigenvalue weighted by Crippen LogP contribution is -2.30. The maximum Gasteiger partial charge on any atom is 0.412 e. The molecule has 3 aromatic rings. The van der Waals surface area contributed by atoms with E-state index in [0.717, 1.165) is 11.0 Å². The number of nitrogens with one attached hydrogen (secondary N) is 2. The fourth-order valence-electron chi connectivity index (χ4n) is 3.28. The average Bonchev–Trinajstić information content (AvgIpc) is 2.94. The van der Waals surface area contributed by atoms with E-state index in [1.165, 1.54) is 11.6 Å². The maximum atomic E-state index is 13.0. The van der Waals surface area contributed by atoms with Gasteiger partial charge >= 0.3 is 6.09 Å². The summed E-state index contributed by atoms with van der Waals surface area (Å²) in [4.78, 5) is 25.7. The minimum Gasteiger partial charge on any atom is -0.491 e. The van der Waals surface area contributed by atoms with Crippen LogP contribution in [0, 0.1) is 0 Å². The van der Waals surface area contributed by atoms with E-state index >= 15 is 0 Å². The summed E-state index contributed by atoms with van der Waals surface area (Å²) in [5.74, 6) is 0.137. The van der Waals surface area contributed by atoms with Crippen LogP contribution in [0.4, 0.5) is 10.5 Å². The van der Waals surface area contributed by atoms with Crippen LogP contribution in [0.5, 0.6) is 11.5 Å². The minimum absolute atomic E-state index is 0.0853. The highest BCUT2D eigenvalue weighted by atomic mass is 32.2. The van der Waals surface area contributed by atoms with Crippen molar-refractivity contribution in [3.63, 3.8) is 0 Å². The molecule has 3 aromatic carbocycles. The highest BCUT2D eigenvalue weighted by Gasteiger charge is 2.28. The largest absolute Gasteiger partial charge is 0.491 e. The number of benzene rings is 3. The molecule has 0 aliphatic heterocycles. The van der Waals surface area contributed by atoms with Crippen molar-refractivity contribution in [2.75, 3.05) is 24.8 Å². The van der Waals surface area contributed by atoms with Gasteiger partial charge in [0.1, 0.15) is 18.1 Å². The third-order valence-corrected chi connectivity index (χ3v) is 5.72. The van der Waals surface area contributed by atoms with Gasteiger partial charge in [0.25, 0.3) is 5.91 Å². The van der Waals surface area contributed by atoms with Crippen LogP contribution in [0.1, 0.15) is 11.7 Å². The van der Waals surface area contributed by atoms with Gasteiger partial charge in [-0.25, -0.2) is 10.3 Å². The molecular formula is C27H28N2O7S. The van der Waals surface area contributed by atoms with Crippen LogP contribution in [0.15, 0.2) is 95.9 Å². The van der Waals surface area contributed by atoms with E-state index in [1.54, 1.807) is 72.4 Å². The van der Waals surface area contributed by atoms with Crippen LogP contribution in [0.2, 0.25) is 0 Å². The van der Waals surface area contributed by atoms with Crippen LogP contribution in [-0.4, -0.2) is 47.9 Å². The number of carbonyl (C=O) groups is 2. The number of hydroxylamine groups is 1. The summed E-state index contributed by atoms with van der Waals surface area (Å²) in [6.07, 6.45) is 1.66. The van der Waals surface area contributed by atoms with Gasteiger partial charge in [-0.1, -0.05) is 30.3 Å². The van der Waals surface area contributed by atoms with E-state index in [4.69, 9.17) is 24.5 Å². The zero-order chi connectivity index (χ0) is 26.5. The first kappa shape index (κ1) is 27.6. The van der Waals surface area contributed by atoms with Gasteiger partial charge in [0.05, 0.1) is 6.61 Å². The molecule has 0 heterocycles. The Morgan fingerprint density at radius 1 is 1.00 bits per heavy atom. The van der Waals surface area contributed by atoms with Crippen LogP contribution < -0.4 is 20.3 Å². The van der Waals surface area contributed by atoms with Gasteiger partial charge < -0.3 is 19.3 Å². The Hall–Kier alpha value is -3.99. The summed E-state index contributed by atoms with van der Waals surface area (Å²) >= 11 is 1.58.